The molecule has 0 aromatic heterocycles. The highest BCUT2D eigenvalue weighted by Gasteiger charge is 2.40. The fourth-order valence-electron chi connectivity index (χ4n) is 3.55. The van der Waals surface area contributed by atoms with Gasteiger partial charge in [0.2, 0.25) is 0 Å². The van der Waals surface area contributed by atoms with Gasteiger partial charge in [-0.2, -0.15) is 0 Å². The third-order valence-electron chi connectivity index (χ3n) is 4.83. The summed E-state index contributed by atoms with van der Waals surface area (Å²) < 4.78 is 11.1. The zero-order chi connectivity index (χ0) is 12.4. The van der Waals surface area contributed by atoms with Crippen LogP contribution in [-0.2, 0) is 9.47 Å². The number of likely N-dealkylation sites (tertiary alicyclic amines) is 1. The summed E-state index contributed by atoms with van der Waals surface area (Å²) in [5.74, 6) is 0.770. The Morgan fingerprint density at radius 2 is 1.94 bits per heavy atom. The number of piperidine rings is 1. The van der Waals surface area contributed by atoms with E-state index in [0.29, 0.717) is 6.10 Å². The Morgan fingerprint density at radius 3 is 2.44 bits per heavy atom. The number of hydrogen-bond donors (Lipinski definition) is 1. The maximum atomic E-state index is 9.47. The van der Waals surface area contributed by atoms with E-state index in [-0.39, 0.29) is 12.0 Å². The Labute approximate surface area is 109 Å². The molecule has 3 fully saturated rings. The molecule has 0 saturated carbocycles. The summed E-state index contributed by atoms with van der Waals surface area (Å²) >= 11 is 0. The van der Waals surface area contributed by atoms with Crippen LogP contribution in [0.5, 0.6) is 0 Å². The zero-order valence-electron chi connectivity index (χ0n) is 11.1. The Kier molecular flexibility index (Phi) is 3.89. The summed E-state index contributed by atoms with van der Waals surface area (Å²) in [6.07, 6.45) is 5.56. The van der Waals surface area contributed by atoms with Gasteiger partial charge in [-0.05, 0) is 44.7 Å². The normalized spacial score (nSPS) is 33.5. The van der Waals surface area contributed by atoms with Crippen LogP contribution in [0.2, 0.25) is 0 Å². The molecule has 3 saturated heterocycles. The van der Waals surface area contributed by atoms with Crippen LogP contribution in [0.15, 0.2) is 0 Å². The first-order valence-corrected chi connectivity index (χ1v) is 7.34. The molecule has 3 rings (SSSR count). The fourth-order valence-corrected chi connectivity index (χ4v) is 3.55. The molecule has 3 aliphatic heterocycles. The number of nitrogens with zero attached hydrogens (tertiary/aromatic N) is 1. The van der Waals surface area contributed by atoms with Crippen molar-refractivity contribution in [1.82, 2.24) is 4.90 Å². The van der Waals surface area contributed by atoms with Crippen molar-refractivity contribution in [2.45, 2.75) is 31.8 Å². The van der Waals surface area contributed by atoms with Gasteiger partial charge in [0.1, 0.15) is 0 Å². The molecule has 0 aromatic carbocycles. The van der Waals surface area contributed by atoms with Crippen molar-refractivity contribution >= 4 is 0 Å². The van der Waals surface area contributed by atoms with Crippen LogP contribution in [0, 0.1) is 11.3 Å². The Balaban J connectivity index is 1.45. The molecule has 0 amide bonds. The van der Waals surface area contributed by atoms with E-state index in [1.807, 2.05) is 0 Å². The van der Waals surface area contributed by atoms with Crippen molar-refractivity contribution in [1.29, 1.82) is 0 Å². The summed E-state index contributed by atoms with van der Waals surface area (Å²) in [6, 6.07) is 0. The topological polar surface area (TPSA) is 41.9 Å². The second kappa shape index (κ2) is 5.45. The minimum atomic E-state index is 0.0384. The van der Waals surface area contributed by atoms with Crippen molar-refractivity contribution in [3.63, 3.8) is 0 Å². The molecule has 4 heteroatoms. The minimum absolute atomic E-state index is 0.0384. The predicted molar refractivity (Wildman–Crippen MR) is 68.5 cm³/mol. The van der Waals surface area contributed by atoms with E-state index >= 15 is 0 Å². The Morgan fingerprint density at radius 1 is 1.17 bits per heavy atom. The number of hydrogen-bond acceptors (Lipinski definition) is 4. The molecular formula is C14H25NO3. The van der Waals surface area contributed by atoms with E-state index < -0.39 is 0 Å². The first kappa shape index (κ1) is 12.9. The van der Waals surface area contributed by atoms with E-state index in [2.05, 4.69) is 4.90 Å². The smallest absolute Gasteiger partial charge is 0.0605 e. The van der Waals surface area contributed by atoms with Crippen molar-refractivity contribution in [2.75, 3.05) is 46.1 Å². The van der Waals surface area contributed by atoms with E-state index in [9.17, 15) is 5.11 Å². The van der Waals surface area contributed by atoms with Gasteiger partial charge < -0.3 is 19.5 Å². The molecule has 0 aromatic rings. The lowest BCUT2D eigenvalue weighted by Gasteiger charge is -2.45. The van der Waals surface area contributed by atoms with E-state index in [0.717, 1.165) is 45.4 Å². The van der Waals surface area contributed by atoms with Gasteiger partial charge in [-0.15, -0.1) is 0 Å². The van der Waals surface area contributed by atoms with Crippen LogP contribution in [0.4, 0.5) is 0 Å². The summed E-state index contributed by atoms with van der Waals surface area (Å²) in [4.78, 5) is 2.50. The fraction of sp³-hybridized carbons (Fsp3) is 1.00. The summed E-state index contributed by atoms with van der Waals surface area (Å²) in [5, 5.41) is 9.47. The largest absolute Gasteiger partial charge is 0.396 e. The SMILES string of the molecule is OCC1(CN2CCC(C3CCCO3)CC2)COC1. The van der Waals surface area contributed by atoms with Crippen LogP contribution in [0.1, 0.15) is 25.7 Å². The van der Waals surface area contributed by atoms with E-state index in [1.54, 1.807) is 0 Å². The van der Waals surface area contributed by atoms with Crippen molar-refractivity contribution in [2.24, 2.45) is 11.3 Å². The van der Waals surface area contributed by atoms with Crippen LogP contribution < -0.4 is 0 Å². The maximum Gasteiger partial charge on any atom is 0.0605 e. The van der Waals surface area contributed by atoms with Gasteiger partial charge in [-0.1, -0.05) is 0 Å². The van der Waals surface area contributed by atoms with Crippen LogP contribution in [0.3, 0.4) is 0 Å². The number of ether oxygens (including phenoxy) is 2. The molecule has 0 aliphatic carbocycles. The third-order valence-corrected chi connectivity index (χ3v) is 4.83. The van der Waals surface area contributed by atoms with Crippen molar-refractivity contribution < 1.29 is 14.6 Å². The zero-order valence-corrected chi connectivity index (χ0v) is 11.1. The van der Waals surface area contributed by atoms with Crippen LogP contribution in [0.25, 0.3) is 0 Å². The summed E-state index contributed by atoms with van der Waals surface area (Å²) in [7, 11) is 0. The summed E-state index contributed by atoms with van der Waals surface area (Å²) in [6.45, 7) is 6.01. The minimum Gasteiger partial charge on any atom is -0.396 e. The first-order valence-electron chi connectivity index (χ1n) is 7.34. The molecule has 3 heterocycles. The van der Waals surface area contributed by atoms with Crippen molar-refractivity contribution in [3.8, 4) is 0 Å². The Hall–Kier alpha value is -0.160. The van der Waals surface area contributed by atoms with Crippen LogP contribution in [-0.4, -0.2) is 62.2 Å². The highest BCUT2D eigenvalue weighted by molar-refractivity contribution is 4.90. The monoisotopic (exact) mass is 255 g/mol. The lowest BCUT2D eigenvalue weighted by molar-refractivity contribution is -0.150. The highest BCUT2D eigenvalue weighted by Crippen LogP contribution is 2.32. The van der Waals surface area contributed by atoms with Gasteiger partial charge in [0, 0.05) is 13.2 Å². The molecular weight excluding hydrogens is 230 g/mol. The predicted octanol–water partition coefficient (Wildman–Crippen LogP) is 0.886. The molecule has 1 N–H and O–H groups in total. The van der Waals surface area contributed by atoms with Gasteiger partial charge in [0.15, 0.2) is 0 Å². The van der Waals surface area contributed by atoms with Gasteiger partial charge in [-0.25, -0.2) is 0 Å². The second-order valence-electron chi connectivity index (χ2n) is 6.32. The average Bonchev–Trinajstić information content (AvgIpc) is 2.88. The molecule has 3 aliphatic rings. The molecule has 1 atom stereocenters. The first-order chi connectivity index (χ1) is 8.81. The highest BCUT2D eigenvalue weighted by atomic mass is 16.5. The molecule has 1 unspecified atom stereocenters. The van der Waals surface area contributed by atoms with Crippen molar-refractivity contribution in [3.05, 3.63) is 0 Å². The van der Waals surface area contributed by atoms with Gasteiger partial charge in [0.05, 0.1) is 31.3 Å². The number of rotatable bonds is 4. The maximum absolute atomic E-state index is 9.47. The molecule has 104 valence electrons. The molecule has 18 heavy (non-hydrogen) atoms. The second-order valence-corrected chi connectivity index (χ2v) is 6.32. The molecule has 0 radical (unpaired) electrons. The lowest BCUT2D eigenvalue weighted by Crippen LogP contribution is -2.54. The molecule has 0 bridgehead atoms. The van der Waals surface area contributed by atoms with E-state index in [4.69, 9.17) is 9.47 Å². The van der Waals surface area contributed by atoms with Gasteiger partial charge in [-0.3, -0.25) is 0 Å². The van der Waals surface area contributed by atoms with Gasteiger partial charge >= 0.3 is 0 Å². The number of aliphatic hydroxyl groups is 1. The lowest BCUT2D eigenvalue weighted by atomic mass is 9.84. The molecule has 0 spiro atoms. The average molecular weight is 255 g/mol. The quantitative estimate of drug-likeness (QED) is 0.810. The van der Waals surface area contributed by atoms with Crippen LogP contribution >= 0.6 is 0 Å². The van der Waals surface area contributed by atoms with Gasteiger partial charge in [0.25, 0.3) is 0 Å². The standard InChI is InChI=1S/C14H25NO3/c16-9-14(10-17-11-14)8-15-5-3-12(4-6-15)13-2-1-7-18-13/h12-13,16H,1-11H2. The molecule has 4 nitrogen and oxygen atoms in total. The summed E-state index contributed by atoms with van der Waals surface area (Å²) in [5.41, 5.74) is 0.0384. The van der Waals surface area contributed by atoms with E-state index in [1.165, 1.54) is 25.7 Å². The third kappa shape index (κ3) is 2.57. The number of aliphatic hydroxyl groups excluding tert-OH is 1. The Bertz CT molecular complexity index is 261.